The van der Waals surface area contributed by atoms with Crippen LogP contribution in [-0.2, 0) is 11.2 Å². The lowest BCUT2D eigenvalue weighted by Crippen LogP contribution is -2.50. The Kier molecular flexibility index (Phi) is 5.00. The molecule has 1 aliphatic rings. The van der Waals surface area contributed by atoms with Crippen molar-refractivity contribution in [3.05, 3.63) is 34.3 Å². The lowest BCUT2D eigenvalue weighted by atomic mass is 9.80. The van der Waals surface area contributed by atoms with Gasteiger partial charge in [0.15, 0.2) is 0 Å². The van der Waals surface area contributed by atoms with Gasteiger partial charge in [0, 0.05) is 17.1 Å². The molecule has 1 fully saturated rings. The fraction of sp³-hybridized carbons (Fsp3) is 0.429. The average Bonchev–Trinajstić information content (AvgIpc) is 2.35. The van der Waals surface area contributed by atoms with Crippen LogP contribution in [0.2, 0.25) is 0 Å². The second kappa shape index (κ2) is 6.74. The predicted molar refractivity (Wildman–Crippen MR) is 78.5 cm³/mol. The summed E-state index contributed by atoms with van der Waals surface area (Å²) in [6.45, 7) is 0.558. The molecule has 1 aliphatic carbocycles. The summed E-state index contributed by atoms with van der Waals surface area (Å²) in [5, 5.41) is 14.3. The number of carbonyl (C=O) groups excluding carboxylic acids is 1. The number of carbonyl (C=O) groups is 2. The number of carboxylic acid groups (broad SMARTS) is 1. The Morgan fingerprint density at radius 1 is 1.25 bits per heavy atom. The van der Waals surface area contributed by atoms with Crippen molar-refractivity contribution >= 4 is 27.9 Å². The number of benzene rings is 1. The minimum absolute atomic E-state index is 0.0104. The third kappa shape index (κ3) is 4.23. The van der Waals surface area contributed by atoms with Crippen LogP contribution in [0.4, 0.5) is 4.79 Å². The van der Waals surface area contributed by atoms with Crippen molar-refractivity contribution < 1.29 is 14.7 Å². The summed E-state index contributed by atoms with van der Waals surface area (Å²) < 4.78 is 1.03. The number of carboxylic acids is 1. The van der Waals surface area contributed by atoms with E-state index in [1.165, 1.54) is 0 Å². The van der Waals surface area contributed by atoms with Gasteiger partial charge in [-0.3, -0.25) is 4.79 Å². The van der Waals surface area contributed by atoms with Crippen LogP contribution in [0, 0.1) is 5.92 Å². The van der Waals surface area contributed by atoms with Gasteiger partial charge in [-0.15, -0.1) is 0 Å². The Hall–Kier alpha value is -1.56. The fourth-order valence-electron chi connectivity index (χ4n) is 2.15. The zero-order valence-corrected chi connectivity index (χ0v) is 12.5. The van der Waals surface area contributed by atoms with E-state index in [-0.39, 0.29) is 18.0 Å². The first-order chi connectivity index (χ1) is 9.54. The van der Waals surface area contributed by atoms with Gasteiger partial charge in [0.25, 0.3) is 0 Å². The third-order valence-corrected chi connectivity index (χ3v) is 3.96. The van der Waals surface area contributed by atoms with E-state index in [0.717, 1.165) is 16.5 Å². The molecule has 2 amide bonds. The summed E-state index contributed by atoms with van der Waals surface area (Å²) in [4.78, 5) is 22.2. The van der Waals surface area contributed by atoms with Crippen molar-refractivity contribution in [3.63, 3.8) is 0 Å². The summed E-state index contributed by atoms with van der Waals surface area (Å²) in [7, 11) is 0. The molecule has 0 aromatic heterocycles. The van der Waals surface area contributed by atoms with Crippen LogP contribution < -0.4 is 10.6 Å². The smallest absolute Gasteiger partial charge is 0.315 e. The van der Waals surface area contributed by atoms with Crippen LogP contribution in [0.5, 0.6) is 0 Å². The van der Waals surface area contributed by atoms with E-state index in [1.807, 2.05) is 24.3 Å². The van der Waals surface area contributed by atoms with Crippen molar-refractivity contribution in [2.24, 2.45) is 5.92 Å². The second-order valence-corrected chi connectivity index (χ2v) is 5.90. The van der Waals surface area contributed by atoms with Gasteiger partial charge in [-0.25, -0.2) is 4.79 Å². The average molecular weight is 341 g/mol. The first kappa shape index (κ1) is 14.8. The second-order valence-electron chi connectivity index (χ2n) is 4.98. The lowest BCUT2D eigenvalue weighted by Gasteiger charge is -2.32. The zero-order chi connectivity index (χ0) is 14.5. The maximum absolute atomic E-state index is 11.6. The van der Waals surface area contributed by atoms with Gasteiger partial charge in [0.05, 0.1) is 5.92 Å². The highest BCUT2D eigenvalue weighted by atomic mass is 79.9. The number of halogens is 1. The maximum atomic E-state index is 11.6. The summed E-state index contributed by atoms with van der Waals surface area (Å²) in [6, 6.07) is 7.71. The topological polar surface area (TPSA) is 78.4 Å². The standard InChI is InChI=1S/C14H17BrN2O3/c15-11-3-1-9(2-4-11)5-6-16-14(20)17-12-7-10(8-12)13(18)19/h1-4,10,12H,5-8H2,(H,18,19)(H2,16,17,20). The van der Waals surface area contributed by atoms with Gasteiger partial charge in [0.1, 0.15) is 0 Å². The quantitative estimate of drug-likeness (QED) is 0.768. The monoisotopic (exact) mass is 340 g/mol. The molecule has 0 radical (unpaired) electrons. The van der Waals surface area contributed by atoms with Crippen LogP contribution in [0.3, 0.4) is 0 Å². The zero-order valence-electron chi connectivity index (χ0n) is 10.9. The molecule has 0 unspecified atom stereocenters. The third-order valence-electron chi connectivity index (χ3n) is 3.44. The SMILES string of the molecule is O=C(NCCc1ccc(Br)cc1)NC1CC(C(=O)O)C1. The van der Waals surface area contributed by atoms with Gasteiger partial charge in [0.2, 0.25) is 0 Å². The van der Waals surface area contributed by atoms with E-state index >= 15 is 0 Å². The molecule has 3 N–H and O–H groups in total. The number of hydrogen-bond donors (Lipinski definition) is 3. The number of aliphatic carboxylic acids is 1. The molecule has 1 saturated carbocycles. The Morgan fingerprint density at radius 3 is 2.50 bits per heavy atom. The van der Waals surface area contributed by atoms with Crippen molar-refractivity contribution in [2.75, 3.05) is 6.54 Å². The van der Waals surface area contributed by atoms with Crippen molar-refractivity contribution in [1.29, 1.82) is 0 Å². The van der Waals surface area contributed by atoms with E-state index < -0.39 is 5.97 Å². The first-order valence-corrected chi connectivity index (χ1v) is 7.35. The number of nitrogens with one attached hydrogen (secondary N) is 2. The van der Waals surface area contributed by atoms with Crippen LogP contribution >= 0.6 is 15.9 Å². The number of rotatable bonds is 5. The molecule has 0 heterocycles. The Bertz CT molecular complexity index is 484. The van der Waals surface area contributed by atoms with Crippen molar-refractivity contribution in [1.82, 2.24) is 10.6 Å². The Balaban J connectivity index is 1.61. The molecular formula is C14H17BrN2O3. The Morgan fingerprint density at radius 2 is 1.90 bits per heavy atom. The van der Waals surface area contributed by atoms with E-state index in [0.29, 0.717) is 19.4 Å². The molecule has 20 heavy (non-hydrogen) atoms. The minimum atomic E-state index is -0.779. The molecule has 108 valence electrons. The van der Waals surface area contributed by atoms with E-state index in [9.17, 15) is 9.59 Å². The highest BCUT2D eigenvalue weighted by Gasteiger charge is 2.35. The highest BCUT2D eigenvalue weighted by Crippen LogP contribution is 2.27. The normalized spacial score (nSPS) is 20.9. The van der Waals surface area contributed by atoms with E-state index in [2.05, 4.69) is 26.6 Å². The van der Waals surface area contributed by atoms with Gasteiger partial charge in [-0.2, -0.15) is 0 Å². The van der Waals surface area contributed by atoms with Gasteiger partial charge < -0.3 is 15.7 Å². The summed E-state index contributed by atoms with van der Waals surface area (Å²) in [6.07, 6.45) is 1.81. The molecule has 6 heteroatoms. The summed E-state index contributed by atoms with van der Waals surface area (Å²) in [5.41, 5.74) is 1.16. The van der Waals surface area contributed by atoms with Crippen LogP contribution in [0.1, 0.15) is 18.4 Å². The minimum Gasteiger partial charge on any atom is -0.481 e. The van der Waals surface area contributed by atoms with Crippen LogP contribution in [-0.4, -0.2) is 29.7 Å². The van der Waals surface area contributed by atoms with Crippen molar-refractivity contribution in [2.45, 2.75) is 25.3 Å². The predicted octanol–water partition coefficient (Wildman–Crippen LogP) is 2.15. The van der Waals surface area contributed by atoms with Crippen LogP contribution in [0.25, 0.3) is 0 Å². The molecule has 0 atom stereocenters. The number of urea groups is 1. The molecule has 5 nitrogen and oxygen atoms in total. The fourth-order valence-corrected chi connectivity index (χ4v) is 2.41. The van der Waals surface area contributed by atoms with Gasteiger partial charge in [-0.1, -0.05) is 28.1 Å². The van der Waals surface area contributed by atoms with E-state index in [4.69, 9.17) is 5.11 Å². The Labute approximate surface area is 125 Å². The largest absolute Gasteiger partial charge is 0.481 e. The van der Waals surface area contributed by atoms with Gasteiger partial charge >= 0.3 is 12.0 Å². The van der Waals surface area contributed by atoms with Gasteiger partial charge in [-0.05, 0) is 37.0 Å². The van der Waals surface area contributed by atoms with Crippen LogP contribution in [0.15, 0.2) is 28.7 Å². The molecular weight excluding hydrogens is 324 g/mol. The molecule has 0 bridgehead atoms. The molecule has 0 aliphatic heterocycles. The lowest BCUT2D eigenvalue weighted by molar-refractivity contribution is -0.145. The number of hydrogen-bond acceptors (Lipinski definition) is 2. The van der Waals surface area contributed by atoms with Crippen molar-refractivity contribution in [3.8, 4) is 0 Å². The molecule has 1 aromatic carbocycles. The maximum Gasteiger partial charge on any atom is 0.315 e. The number of amides is 2. The first-order valence-electron chi connectivity index (χ1n) is 6.56. The summed E-state index contributed by atoms with van der Waals surface area (Å²) >= 11 is 3.37. The molecule has 2 rings (SSSR count). The molecule has 0 saturated heterocycles. The molecule has 0 spiro atoms. The molecule has 1 aromatic rings. The summed E-state index contributed by atoms with van der Waals surface area (Å²) in [5.74, 6) is -1.08. The highest BCUT2D eigenvalue weighted by molar-refractivity contribution is 9.10. The van der Waals surface area contributed by atoms with E-state index in [1.54, 1.807) is 0 Å².